The molecule has 0 amide bonds. The van der Waals surface area contributed by atoms with Crippen molar-refractivity contribution in [2.24, 2.45) is 0 Å². The Labute approximate surface area is 237 Å². The fraction of sp³-hybridized carbons (Fsp3) is 0.250. The number of aliphatic hydroxyl groups is 1. The Kier molecular flexibility index (Phi) is 9.24. The molecule has 0 fully saturated rings. The van der Waals surface area contributed by atoms with Gasteiger partial charge in [-0.05, 0) is 59.0 Å². The van der Waals surface area contributed by atoms with Crippen molar-refractivity contribution in [3.8, 4) is 34.2 Å². The van der Waals surface area contributed by atoms with Crippen LogP contribution in [0.15, 0.2) is 94.9 Å². The van der Waals surface area contributed by atoms with E-state index in [2.05, 4.69) is 26.8 Å². The highest BCUT2D eigenvalue weighted by Gasteiger charge is 2.19. The number of methoxy groups -OCH3 is 1. The summed E-state index contributed by atoms with van der Waals surface area (Å²) in [5, 5.41) is 21.4. The smallest absolute Gasteiger partial charge is 0.118 e. The predicted molar refractivity (Wildman–Crippen MR) is 160 cm³/mol. The van der Waals surface area contributed by atoms with Crippen LogP contribution in [0, 0.1) is 11.3 Å². The highest BCUT2D eigenvalue weighted by atomic mass is 32.2. The summed E-state index contributed by atoms with van der Waals surface area (Å²) in [6, 6.07) is 29.3. The summed E-state index contributed by atoms with van der Waals surface area (Å²) >= 11 is 1.31. The molecule has 0 saturated carbocycles. The lowest BCUT2D eigenvalue weighted by atomic mass is 9.87. The van der Waals surface area contributed by atoms with Gasteiger partial charge in [0, 0.05) is 21.8 Å². The SMILES string of the molecule is COc1ccc(-c2cc(-c3ccccc3)c(C#N)c(SC[C@H](O)C[S@@](=O)c3ccc(C(C)(C)C)cc3)n2)cc1. The number of hydrogen-bond donors (Lipinski definition) is 1. The molecule has 4 aromatic rings. The molecule has 0 spiro atoms. The lowest BCUT2D eigenvalue weighted by Crippen LogP contribution is -2.20. The molecule has 7 heteroatoms. The van der Waals surface area contributed by atoms with Crippen LogP contribution in [0.2, 0.25) is 0 Å². The van der Waals surface area contributed by atoms with Crippen LogP contribution in [0.5, 0.6) is 5.75 Å². The number of pyridine rings is 1. The molecule has 2 atom stereocenters. The molecule has 0 aliphatic rings. The summed E-state index contributed by atoms with van der Waals surface area (Å²) in [6.45, 7) is 6.41. The first-order chi connectivity index (χ1) is 18.7. The fourth-order valence-corrected chi connectivity index (χ4v) is 6.27. The van der Waals surface area contributed by atoms with Crippen molar-refractivity contribution in [3.05, 3.63) is 96.1 Å². The van der Waals surface area contributed by atoms with Gasteiger partial charge >= 0.3 is 0 Å². The van der Waals surface area contributed by atoms with Crippen molar-refractivity contribution in [2.75, 3.05) is 18.6 Å². The molecule has 1 heterocycles. The Balaban J connectivity index is 1.57. The minimum atomic E-state index is -1.35. The number of ether oxygens (including phenoxy) is 1. The number of nitrogens with zero attached hydrogens (tertiary/aromatic N) is 2. The highest BCUT2D eigenvalue weighted by Crippen LogP contribution is 2.35. The average molecular weight is 557 g/mol. The number of benzene rings is 3. The molecule has 5 nitrogen and oxygen atoms in total. The van der Waals surface area contributed by atoms with Crippen LogP contribution in [0.25, 0.3) is 22.4 Å². The summed E-state index contributed by atoms with van der Waals surface area (Å²) < 4.78 is 18.2. The monoisotopic (exact) mass is 556 g/mol. The Morgan fingerprint density at radius 1 is 1.00 bits per heavy atom. The Morgan fingerprint density at radius 3 is 2.26 bits per heavy atom. The molecule has 1 aromatic heterocycles. The molecular formula is C32H32N2O3S2. The molecular weight excluding hydrogens is 524 g/mol. The van der Waals surface area contributed by atoms with Crippen molar-refractivity contribution < 1.29 is 14.1 Å². The van der Waals surface area contributed by atoms with Crippen LogP contribution in [0.1, 0.15) is 31.9 Å². The van der Waals surface area contributed by atoms with Gasteiger partial charge in [0.1, 0.15) is 16.8 Å². The first kappa shape index (κ1) is 28.6. The van der Waals surface area contributed by atoms with Crippen molar-refractivity contribution in [3.63, 3.8) is 0 Å². The van der Waals surface area contributed by atoms with Crippen LogP contribution in [0.4, 0.5) is 0 Å². The van der Waals surface area contributed by atoms with E-state index in [4.69, 9.17) is 9.72 Å². The number of rotatable bonds is 9. The van der Waals surface area contributed by atoms with Gasteiger partial charge in [0.2, 0.25) is 0 Å². The lowest BCUT2D eigenvalue weighted by Gasteiger charge is -2.19. The van der Waals surface area contributed by atoms with E-state index in [1.54, 1.807) is 7.11 Å². The first-order valence-electron chi connectivity index (χ1n) is 12.6. The highest BCUT2D eigenvalue weighted by molar-refractivity contribution is 7.99. The maximum atomic E-state index is 12.9. The van der Waals surface area contributed by atoms with Crippen molar-refractivity contribution >= 4 is 22.6 Å². The van der Waals surface area contributed by atoms with Crippen LogP contribution in [0.3, 0.4) is 0 Å². The molecule has 0 bridgehead atoms. The standard InChI is InChI=1S/C32H32N2O3S2/c1-32(2,3)24-12-16-27(17-13-24)39(36)21-25(35)20-38-31-29(19-33)28(22-8-6-5-7-9-22)18-30(34-31)23-10-14-26(37-4)15-11-23/h5-18,25,35H,20-21H2,1-4H3/t25-,39+/m0/s1. The molecule has 0 unspecified atom stereocenters. The van der Waals surface area contributed by atoms with Crippen molar-refractivity contribution in [1.82, 2.24) is 4.98 Å². The van der Waals surface area contributed by atoms with Crippen LogP contribution in [-0.4, -0.2) is 39.0 Å². The topological polar surface area (TPSA) is 83.2 Å². The molecule has 4 rings (SSSR count). The third-order valence-corrected chi connectivity index (χ3v) is 8.91. The summed E-state index contributed by atoms with van der Waals surface area (Å²) in [6.07, 6.45) is -0.837. The fourth-order valence-electron chi connectivity index (χ4n) is 4.09. The average Bonchev–Trinajstić information content (AvgIpc) is 2.95. The Bertz CT molecular complexity index is 1470. The summed E-state index contributed by atoms with van der Waals surface area (Å²) in [4.78, 5) is 5.50. The van der Waals surface area contributed by atoms with Gasteiger partial charge in [0.25, 0.3) is 0 Å². The molecule has 3 aromatic carbocycles. The molecule has 200 valence electrons. The largest absolute Gasteiger partial charge is 0.497 e. The van der Waals surface area contributed by atoms with E-state index >= 15 is 0 Å². The molecule has 1 N–H and O–H groups in total. The Morgan fingerprint density at radius 2 is 1.67 bits per heavy atom. The predicted octanol–water partition coefficient (Wildman–Crippen LogP) is 6.85. The van der Waals surface area contributed by atoms with Crippen LogP contribution >= 0.6 is 11.8 Å². The summed E-state index contributed by atoms with van der Waals surface area (Å²) in [5.41, 5.74) is 4.93. The summed E-state index contributed by atoms with van der Waals surface area (Å²) in [5.74, 6) is 1.11. The van der Waals surface area contributed by atoms with E-state index in [-0.39, 0.29) is 16.9 Å². The number of thioether (sulfide) groups is 1. The van der Waals surface area contributed by atoms with E-state index in [0.29, 0.717) is 15.5 Å². The maximum absolute atomic E-state index is 12.9. The number of aliphatic hydroxyl groups excluding tert-OH is 1. The number of aromatic nitrogens is 1. The van der Waals surface area contributed by atoms with Crippen LogP contribution < -0.4 is 4.74 Å². The first-order valence-corrected chi connectivity index (χ1v) is 14.9. The minimum absolute atomic E-state index is 0.0145. The zero-order valence-electron chi connectivity index (χ0n) is 22.5. The van der Waals surface area contributed by atoms with Gasteiger partial charge in [-0.2, -0.15) is 5.26 Å². The number of hydrogen-bond acceptors (Lipinski definition) is 6. The van der Waals surface area contributed by atoms with E-state index in [0.717, 1.165) is 28.1 Å². The molecule has 0 radical (unpaired) electrons. The van der Waals surface area contributed by atoms with Gasteiger partial charge < -0.3 is 9.84 Å². The van der Waals surface area contributed by atoms with E-state index in [1.165, 1.54) is 17.3 Å². The van der Waals surface area contributed by atoms with E-state index in [1.807, 2.05) is 84.9 Å². The third-order valence-electron chi connectivity index (χ3n) is 6.31. The summed E-state index contributed by atoms with van der Waals surface area (Å²) in [7, 11) is 0.276. The van der Waals surface area contributed by atoms with Gasteiger partial charge in [-0.3, -0.25) is 4.21 Å². The zero-order chi connectivity index (χ0) is 28.0. The molecule has 0 aliphatic heterocycles. The van der Waals surface area contributed by atoms with Crippen molar-refractivity contribution in [2.45, 2.75) is 42.2 Å². The second-order valence-electron chi connectivity index (χ2n) is 10.2. The van der Waals surface area contributed by atoms with Gasteiger partial charge in [0.15, 0.2) is 0 Å². The molecule has 39 heavy (non-hydrogen) atoms. The Hall–Kier alpha value is -3.44. The maximum Gasteiger partial charge on any atom is 0.118 e. The second kappa shape index (κ2) is 12.6. The number of nitriles is 1. The minimum Gasteiger partial charge on any atom is -0.497 e. The van der Waals surface area contributed by atoms with Crippen molar-refractivity contribution in [1.29, 1.82) is 5.26 Å². The van der Waals surface area contributed by atoms with Crippen LogP contribution in [-0.2, 0) is 16.2 Å². The van der Waals surface area contributed by atoms with Gasteiger partial charge in [-0.25, -0.2) is 4.98 Å². The van der Waals surface area contributed by atoms with E-state index < -0.39 is 16.9 Å². The molecule has 0 aliphatic carbocycles. The van der Waals surface area contributed by atoms with Gasteiger partial charge in [-0.15, -0.1) is 11.8 Å². The third kappa shape index (κ3) is 7.15. The lowest BCUT2D eigenvalue weighted by molar-refractivity contribution is 0.224. The normalized spacial score (nSPS) is 12.9. The van der Waals surface area contributed by atoms with Gasteiger partial charge in [-0.1, -0.05) is 63.2 Å². The second-order valence-corrected chi connectivity index (χ2v) is 12.7. The molecule has 0 saturated heterocycles. The van der Waals surface area contributed by atoms with E-state index in [9.17, 15) is 14.6 Å². The van der Waals surface area contributed by atoms with Gasteiger partial charge in [0.05, 0.1) is 41.0 Å². The zero-order valence-corrected chi connectivity index (χ0v) is 24.2. The quantitative estimate of drug-likeness (QED) is 0.227.